The molecule has 33 heavy (non-hydrogen) atoms. The zero-order chi connectivity index (χ0) is 23.5. The summed E-state index contributed by atoms with van der Waals surface area (Å²) < 4.78 is 5.30. The Kier molecular flexibility index (Phi) is 6.79. The topological polar surface area (TPSA) is 88.2 Å². The number of methoxy groups -OCH3 is 1. The predicted molar refractivity (Wildman–Crippen MR) is 128 cm³/mol. The lowest BCUT2D eigenvalue weighted by Crippen LogP contribution is -2.43. The van der Waals surface area contributed by atoms with Crippen LogP contribution in [-0.4, -0.2) is 54.2 Å². The van der Waals surface area contributed by atoms with Gasteiger partial charge >= 0.3 is 0 Å². The van der Waals surface area contributed by atoms with E-state index >= 15 is 0 Å². The first-order chi connectivity index (χ1) is 15.9. The van der Waals surface area contributed by atoms with Crippen LogP contribution in [0.5, 0.6) is 5.75 Å². The molecule has 0 spiro atoms. The number of hydrogen-bond acceptors (Lipinski definition) is 5. The minimum atomic E-state index is -0.247. The minimum absolute atomic E-state index is 0.0342. The number of carbonyl (C=O) groups excluding carboxylic acids is 2. The van der Waals surface area contributed by atoms with Crippen LogP contribution >= 0.6 is 0 Å². The molecule has 1 unspecified atom stereocenters. The molecular formula is C26H32N4O3. The van der Waals surface area contributed by atoms with Gasteiger partial charge in [-0.05, 0) is 63.0 Å². The fourth-order valence-electron chi connectivity index (χ4n) is 4.77. The third kappa shape index (κ3) is 5.09. The van der Waals surface area contributed by atoms with E-state index in [0.29, 0.717) is 32.4 Å². The number of piperidine rings is 1. The molecule has 0 saturated carbocycles. The van der Waals surface area contributed by atoms with E-state index in [-0.39, 0.29) is 30.3 Å². The molecule has 2 aliphatic rings. The van der Waals surface area contributed by atoms with Crippen molar-refractivity contribution in [2.45, 2.75) is 39.2 Å². The van der Waals surface area contributed by atoms with Crippen LogP contribution in [0.3, 0.4) is 0 Å². The Morgan fingerprint density at radius 1 is 1.09 bits per heavy atom. The van der Waals surface area contributed by atoms with Gasteiger partial charge in [-0.25, -0.2) is 5.01 Å². The number of rotatable bonds is 6. The molecule has 0 bridgehead atoms. The monoisotopic (exact) mass is 448 g/mol. The second kappa shape index (κ2) is 9.75. The Morgan fingerprint density at radius 2 is 1.79 bits per heavy atom. The van der Waals surface area contributed by atoms with Crippen molar-refractivity contribution in [3.8, 4) is 5.75 Å². The second-order valence-electron chi connectivity index (χ2n) is 9.05. The van der Waals surface area contributed by atoms with Crippen molar-refractivity contribution in [1.29, 1.82) is 0 Å². The van der Waals surface area contributed by atoms with Gasteiger partial charge in [0.05, 0.1) is 25.4 Å². The van der Waals surface area contributed by atoms with Crippen LogP contribution in [0.2, 0.25) is 0 Å². The van der Waals surface area contributed by atoms with Gasteiger partial charge in [0, 0.05) is 17.9 Å². The molecule has 1 fully saturated rings. The maximum absolute atomic E-state index is 13.4. The third-order valence-electron chi connectivity index (χ3n) is 6.71. The first-order valence-corrected chi connectivity index (χ1v) is 11.5. The standard InChI is InChI=1S/C26H32N4O3/c1-17-4-9-22(18(2)14-17)23-15-24(19-5-7-21(33-3)8-6-19)30(28-23)25(31)16-29-12-10-20(11-13-29)26(27)32/h4-9,14,20,24H,10-13,15-16H2,1-3H3,(H2,27,32). The third-order valence-corrected chi connectivity index (χ3v) is 6.71. The summed E-state index contributed by atoms with van der Waals surface area (Å²) in [6.45, 7) is 5.81. The van der Waals surface area contributed by atoms with E-state index in [9.17, 15) is 9.59 Å². The number of hydrazone groups is 1. The molecular weight excluding hydrogens is 416 g/mol. The highest BCUT2D eigenvalue weighted by atomic mass is 16.5. The van der Waals surface area contributed by atoms with Crippen LogP contribution in [0.15, 0.2) is 47.6 Å². The molecule has 7 nitrogen and oxygen atoms in total. The zero-order valence-electron chi connectivity index (χ0n) is 19.6. The number of hydrogen-bond donors (Lipinski definition) is 1. The van der Waals surface area contributed by atoms with E-state index in [1.807, 2.05) is 24.3 Å². The lowest BCUT2D eigenvalue weighted by atomic mass is 9.95. The number of ether oxygens (including phenoxy) is 1. The zero-order valence-corrected chi connectivity index (χ0v) is 19.6. The van der Waals surface area contributed by atoms with Crippen LogP contribution in [-0.2, 0) is 9.59 Å². The maximum atomic E-state index is 13.4. The lowest BCUT2D eigenvalue weighted by Gasteiger charge is -2.31. The number of primary amides is 1. The number of aryl methyl sites for hydroxylation is 2. The summed E-state index contributed by atoms with van der Waals surface area (Å²) in [6, 6.07) is 14.0. The van der Waals surface area contributed by atoms with Gasteiger partial charge in [0.2, 0.25) is 5.91 Å². The van der Waals surface area contributed by atoms with Gasteiger partial charge in [0.25, 0.3) is 5.91 Å². The largest absolute Gasteiger partial charge is 0.497 e. The van der Waals surface area contributed by atoms with Crippen molar-refractivity contribution in [2.75, 3.05) is 26.7 Å². The molecule has 1 saturated heterocycles. The van der Waals surface area contributed by atoms with Crippen molar-refractivity contribution in [3.05, 3.63) is 64.7 Å². The van der Waals surface area contributed by atoms with Gasteiger partial charge in [-0.1, -0.05) is 35.9 Å². The van der Waals surface area contributed by atoms with Gasteiger partial charge in [0.1, 0.15) is 5.75 Å². The van der Waals surface area contributed by atoms with Gasteiger partial charge in [-0.3, -0.25) is 14.5 Å². The van der Waals surface area contributed by atoms with Crippen LogP contribution in [0.25, 0.3) is 0 Å². The molecule has 2 aromatic carbocycles. The van der Waals surface area contributed by atoms with Crippen LogP contribution < -0.4 is 10.5 Å². The highest BCUT2D eigenvalue weighted by Crippen LogP contribution is 2.34. The van der Waals surface area contributed by atoms with Crippen molar-refractivity contribution < 1.29 is 14.3 Å². The summed E-state index contributed by atoms with van der Waals surface area (Å²) in [5, 5.41) is 6.48. The first-order valence-electron chi connectivity index (χ1n) is 11.5. The summed E-state index contributed by atoms with van der Waals surface area (Å²) in [4.78, 5) is 27.0. The Labute approximate surface area is 195 Å². The molecule has 0 aromatic heterocycles. The molecule has 2 N–H and O–H groups in total. The van der Waals surface area contributed by atoms with Crippen molar-refractivity contribution in [1.82, 2.24) is 9.91 Å². The van der Waals surface area contributed by atoms with E-state index in [4.69, 9.17) is 15.6 Å². The van der Waals surface area contributed by atoms with Crippen molar-refractivity contribution in [3.63, 3.8) is 0 Å². The van der Waals surface area contributed by atoms with Crippen molar-refractivity contribution >= 4 is 17.5 Å². The van der Waals surface area contributed by atoms with E-state index < -0.39 is 0 Å². The lowest BCUT2D eigenvalue weighted by molar-refractivity contribution is -0.134. The molecule has 2 heterocycles. The molecule has 2 aliphatic heterocycles. The summed E-state index contributed by atoms with van der Waals surface area (Å²) in [5.74, 6) is 0.405. The van der Waals surface area contributed by atoms with Gasteiger partial charge in [-0.15, -0.1) is 0 Å². The summed E-state index contributed by atoms with van der Waals surface area (Å²) in [6.07, 6.45) is 2.05. The van der Waals surface area contributed by atoms with Crippen LogP contribution in [0, 0.1) is 19.8 Å². The molecule has 2 amide bonds. The molecule has 174 valence electrons. The number of carbonyl (C=O) groups is 2. The van der Waals surface area contributed by atoms with E-state index in [1.165, 1.54) is 5.56 Å². The number of amides is 2. The molecule has 0 radical (unpaired) electrons. The molecule has 2 aromatic rings. The van der Waals surface area contributed by atoms with E-state index in [2.05, 4.69) is 36.9 Å². The van der Waals surface area contributed by atoms with Gasteiger partial charge in [0.15, 0.2) is 0 Å². The first kappa shape index (κ1) is 23.0. The fourth-order valence-corrected chi connectivity index (χ4v) is 4.77. The second-order valence-corrected chi connectivity index (χ2v) is 9.05. The average molecular weight is 449 g/mol. The summed E-state index contributed by atoms with van der Waals surface area (Å²) in [5.41, 5.74) is 10.8. The molecule has 1 atom stereocenters. The highest BCUT2D eigenvalue weighted by molar-refractivity contribution is 6.04. The predicted octanol–water partition coefficient (Wildman–Crippen LogP) is 3.19. The van der Waals surface area contributed by atoms with Crippen LogP contribution in [0.1, 0.15) is 47.6 Å². The molecule has 0 aliphatic carbocycles. The quantitative estimate of drug-likeness (QED) is 0.735. The smallest absolute Gasteiger partial charge is 0.257 e. The van der Waals surface area contributed by atoms with Crippen molar-refractivity contribution in [2.24, 2.45) is 16.8 Å². The summed E-state index contributed by atoms with van der Waals surface area (Å²) >= 11 is 0. The normalized spacial score (nSPS) is 19.4. The Balaban J connectivity index is 1.56. The number of benzene rings is 2. The molecule has 4 rings (SSSR count). The van der Waals surface area contributed by atoms with Crippen LogP contribution in [0.4, 0.5) is 0 Å². The van der Waals surface area contributed by atoms with Gasteiger partial charge in [-0.2, -0.15) is 5.10 Å². The number of likely N-dealkylation sites (tertiary alicyclic amines) is 1. The Morgan fingerprint density at radius 3 is 2.39 bits per heavy atom. The van der Waals surface area contributed by atoms with E-state index in [1.54, 1.807) is 12.1 Å². The number of nitrogens with zero attached hydrogens (tertiary/aromatic N) is 3. The number of nitrogens with two attached hydrogens (primary N) is 1. The summed E-state index contributed by atoms with van der Waals surface area (Å²) in [7, 11) is 1.64. The minimum Gasteiger partial charge on any atom is -0.497 e. The maximum Gasteiger partial charge on any atom is 0.257 e. The highest BCUT2D eigenvalue weighted by Gasteiger charge is 2.35. The fraction of sp³-hybridized carbons (Fsp3) is 0.423. The van der Waals surface area contributed by atoms with E-state index in [0.717, 1.165) is 28.2 Å². The Bertz CT molecular complexity index is 1060. The van der Waals surface area contributed by atoms with Gasteiger partial charge < -0.3 is 10.5 Å². The SMILES string of the molecule is COc1ccc(C2CC(c3ccc(C)cc3C)=NN2C(=O)CN2CCC(C(N)=O)CC2)cc1. The molecule has 7 heteroatoms. The average Bonchev–Trinajstić information content (AvgIpc) is 3.25. The Hall–Kier alpha value is -3.19.